The van der Waals surface area contributed by atoms with Crippen molar-refractivity contribution in [1.82, 2.24) is 9.55 Å². The van der Waals surface area contributed by atoms with Crippen molar-refractivity contribution in [2.75, 3.05) is 5.32 Å². The molecule has 1 aromatic carbocycles. The Labute approximate surface area is 98.1 Å². The molecule has 0 saturated carbocycles. The van der Waals surface area contributed by atoms with E-state index in [0.29, 0.717) is 0 Å². The van der Waals surface area contributed by atoms with Gasteiger partial charge in [0.2, 0.25) is 5.82 Å². The fraction of sp³-hybridized carbons (Fsp3) is 0.182. The predicted molar refractivity (Wildman–Crippen MR) is 64.3 cm³/mol. The third-order valence-electron chi connectivity index (χ3n) is 2.36. The molecule has 88 valence electrons. The molecular weight excluding hydrogens is 220 g/mol. The quantitative estimate of drug-likeness (QED) is 0.651. The van der Waals surface area contributed by atoms with Gasteiger partial charge >= 0.3 is 5.82 Å². The summed E-state index contributed by atoms with van der Waals surface area (Å²) in [6.07, 6.45) is 1.41. The SMILES string of the molecule is Cc1cccc(Nc2ncn(C)c2[N+](=O)[O-])c1. The van der Waals surface area contributed by atoms with Gasteiger partial charge in [0, 0.05) is 5.69 Å². The van der Waals surface area contributed by atoms with Crippen LogP contribution in [-0.2, 0) is 7.05 Å². The van der Waals surface area contributed by atoms with E-state index in [-0.39, 0.29) is 11.6 Å². The second-order valence-electron chi connectivity index (χ2n) is 3.78. The number of rotatable bonds is 3. The smallest absolute Gasteiger partial charge is 0.358 e. The Bertz CT molecular complexity index is 562. The standard InChI is InChI=1S/C11H12N4O2/c1-8-4-3-5-9(6-8)13-10-11(15(16)17)14(2)7-12-10/h3-7,13H,1-2H3. The molecule has 0 radical (unpaired) electrons. The van der Waals surface area contributed by atoms with Gasteiger partial charge in [0.05, 0.1) is 7.05 Å². The Morgan fingerprint density at radius 3 is 2.88 bits per heavy atom. The Morgan fingerprint density at radius 2 is 2.24 bits per heavy atom. The van der Waals surface area contributed by atoms with Crippen molar-refractivity contribution in [2.45, 2.75) is 6.92 Å². The van der Waals surface area contributed by atoms with E-state index in [1.165, 1.54) is 10.9 Å². The first-order valence-electron chi connectivity index (χ1n) is 5.07. The molecule has 0 aliphatic rings. The molecule has 0 aliphatic carbocycles. The van der Waals surface area contributed by atoms with Gasteiger partial charge in [0.25, 0.3) is 0 Å². The minimum absolute atomic E-state index is 0.0495. The summed E-state index contributed by atoms with van der Waals surface area (Å²) in [6.45, 7) is 1.96. The number of benzene rings is 1. The summed E-state index contributed by atoms with van der Waals surface area (Å²) >= 11 is 0. The number of anilines is 2. The highest BCUT2D eigenvalue weighted by Gasteiger charge is 2.19. The normalized spacial score (nSPS) is 10.2. The Morgan fingerprint density at radius 1 is 1.47 bits per heavy atom. The molecule has 0 fully saturated rings. The lowest BCUT2D eigenvalue weighted by atomic mass is 10.2. The Hall–Kier alpha value is -2.37. The summed E-state index contributed by atoms with van der Waals surface area (Å²) in [7, 11) is 1.59. The van der Waals surface area contributed by atoms with Crippen molar-refractivity contribution >= 4 is 17.3 Å². The highest BCUT2D eigenvalue weighted by molar-refractivity contribution is 5.63. The molecule has 0 atom stereocenters. The van der Waals surface area contributed by atoms with Gasteiger partial charge in [-0.3, -0.25) is 0 Å². The summed E-state index contributed by atoms with van der Waals surface area (Å²) in [6, 6.07) is 7.58. The minimum Gasteiger partial charge on any atom is -0.358 e. The average Bonchev–Trinajstić information content (AvgIpc) is 2.59. The van der Waals surface area contributed by atoms with E-state index < -0.39 is 4.92 Å². The van der Waals surface area contributed by atoms with E-state index in [1.54, 1.807) is 7.05 Å². The van der Waals surface area contributed by atoms with Crippen LogP contribution in [-0.4, -0.2) is 14.5 Å². The molecule has 0 aliphatic heterocycles. The van der Waals surface area contributed by atoms with Crippen molar-refractivity contribution in [3.05, 3.63) is 46.3 Å². The van der Waals surface area contributed by atoms with Crippen LogP contribution in [0.4, 0.5) is 17.3 Å². The lowest BCUT2D eigenvalue weighted by molar-refractivity contribution is -0.390. The first-order chi connectivity index (χ1) is 8.08. The second kappa shape index (κ2) is 4.25. The van der Waals surface area contributed by atoms with E-state index >= 15 is 0 Å². The third kappa shape index (κ3) is 2.25. The van der Waals surface area contributed by atoms with Crippen LogP contribution in [0.2, 0.25) is 0 Å². The number of nitro groups is 1. The second-order valence-corrected chi connectivity index (χ2v) is 3.78. The lowest BCUT2D eigenvalue weighted by Gasteiger charge is -2.04. The number of nitrogens with zero attached hydrogens (tertiary/aromatic N) is 3. The number of nitrogens with one attached hydrogen (secondary N) is 1. The fourth-order valence-electron chi connectivity index (χ4n) is 1.59. The van der Waals surface area contributed by atoms with Crippen LogP contribution < -0.4 is 5.32 Å². The van der Waals surface area contributed by atoms with E-state index in [9.17, 15) is 10.1 Å². The molecule has 1 N–H and O–H groups in total. The molecular formula is C11H12N4O2. The predicted octanol–water partition coefficient (Wildman–Crippen LogP) is 2.38. The zero-order valence-electron chi connectivity index (χ0n) is 9.54. The zero-order chi connectivity index (χ0) is 12.4. The molecule has 17 heavy (non-hydrogen) atoms. The monoisotopic (exact) mass is 232 g/mol. The summed E-state index contributed by atoms with van der Waals surface area (Å²) < 4.78 is 1.37. The van der Waals surface area contributed by atoms with Crippen molar-refractivity contribution < 1.29 is 4.92 Å². The maximum atomic E-state index is 10.9. The summed E-state index contributed by atoms with van der Waals surface area (Å²) in [5.74, 6) is 0.203. The number of aromatic nitrogens is 2. The molecule has 0 spiro atoms. The molecule has 6 nitrogen and oxygen atoms in total. The number of aryl methyl sites for hydroxylation is 2. The molecule has 1 heterocycles. The highest BCUT2D eigenvalue weighted by Crippen LogP contribution is 2.25. The summed E-state index contributed by atoms with van der Waals surface area (Å²) in [5, 5.41) is 13.8. The van der Waals surface area contributed by atoms with Crippen LogP contribution in [0.15, 0.2) is 30.6 Å². The van der Waals surface area contributed by atoms with Crippen LogP contribution in [0.1, 0.15) is 5.56 Å². The molecule has 2 aromatic rings. The molecule has 0 unspecified atom stereocenters. The van der Waals surface area contributed by atoms with Gasteiger partial charge in [-0.05, 0) is 29.5 Å². The van der Waals surface area contributed by atoms with Crippen LogP contribution in [0, 0.1) is 17.0 Å². The van der Waals surface area contributed by atoms with Gasteiger partial charge in [0.1, 0.15) is 0 Å². The number of hydrogen-bond donors (Lipinski definition) is 1. The van der Waals surface area contributed by atoms with Gasteiger partial charge in [-0.1, -0.05) is 12.1 Å². The maximum absolute atomic E-state index is 10.9. The van der Waals surface area contributed by atoms with E-state index in [0.717, 1.165) is 11.3 Å². The molecule has 6 heteroatoms. The summed E-state index contributed by atoms with van der Waals surface area (Å²) in [5.41, 5.74) is 1.86. The maximum Gasteiger partial charge on any atom is 0.367 e. The van der Waals surface area contributed by atoms with Crippen LogP contribution in [0.5, 0.6) is 0 Å². The average molecular weight is 232 g/mol. The van der Waals surface area contributed by atoms with Gasteiger partial charge in [0.15, 0.2) is 6.33 Å². The van der Waals surface area contributed by atoms with Crippen molar-refractivity contribution in [3.8, 4) is 0 Å². The fourth-order valence-corrected chi connectivity index (χ4v) is 1.59. The first kappa shape index (κ1) is 11.1. The largest absolute Gasteiger partial charge is 0.367 e. The van der Waals surface area contributed by atoms with Crippen LogP contribution >= 0.6 is 0 Å². The molecule has 1 aromatic heterocycles. The minimum atomic E-state index is -0.453. The summed E-state index contributed by atoms with van der Waals surface area (Å²) in [4.78, 5) is 14.4. The van der Waals surface area contributed by atoms with E-state index in [4.69, 9.17) is 0 Å². The number of imidazole rings is 1. The van der Waals surface area contributed by atoms with Gasteiger partial charge in [-0.15, -0.1) is 0 Å². The van der Waals surface area contributed by atoms with Crippen molar-refractivity contribution in [2.24, 2.45) is 7.05 Å². The highest BCUT2D eigenvalue weighted by atomic mass is 16.6. The lowest BCUT2D eigenvalue weighted by Crippen LogP contribution is -2.00. The Kier molecular flexibility index (Phi) is 2.78. The van der Waals surface area contributed by atoms with E-state index in [1.807, 2.05) is 31.2 Å². The van der Waals surface area contributed by atoms with Gasteiger partial charge < -0.3 is 15.4 Å². The van der Waals surface area contributed by atoms with Gasteiger partial charge in [-0.25, -0.2) is 4.57 Å². The van der Waals surface area contributed by atoms with Crippen molar-refractivity contribution in [3.63, 3.8) is 0 Å². The molecule has 0 amide bonds. The van der Waals surface area contributed by atoms with Crippen LogP contribution in [0.25, 0.3) is 0 Å². The topological polar surface area (TPSA) is 73.0 Å². The molecule has 0 saturated heterocycles. The third-order valence-corrected chi connectivity index (χ3v) is 2.36. The molecule has 2 rings (SSSR count). The zero-order valence-corrected chi connectivity index (χ0v) is 9.54. The Balaban J connectivity index is 2.33. The van der Waals surface area contributed by atoms with E-state index in [2.05, 4.69) is 10.3 Å². The molecule has 0 bridgehead atoms. The van der Waals surface area contributed by atoms with Crippen LogP contribution in [0.3, 0.4) is 0 Å². The van der Waals surface area contributed by atoms with Gasteiger partial charge in [-0.2, -0.15) is 4.98 Å². The first-order valence-corrected chi connectivity index (χ1v) is 5.07. The number of hydrogen-bond acceptors (Lipinski definition) is 4. The van der Waals surface area contributed by atoms with Crippen molar-refractivity contribution in [1.29, 1.82) is 0 Å².